The van der Waals surface area contributed by atoms with Gasteiger partial charge in [0.15, 0.2) is 0 Å². The fourth-order valence-corrected chi connectivity index (χ4v) is 3.91. The van der Waals surface area contributed by atoms with Crippen LogP contribution in [0.2, 0.25) is 0 Å². The molecule has 0 radical (unpaired) electrons. The molecule has 0 amide bonds. The average Bonchev–Trinajstić information content (AvgIpc) is 2.68. The minimum atomic E-state index is 0. The van der Waals surface area contributed by atoms with E-state index in [1.165, 1.54) is 109 Å². The van der Waals surface area contributed by atoms with E-state index in [0.29, 0.717) is 0 Å². The number of unbranched alkanes of at least 4 members (excludes halogenated alkanes) is 13. The molecule has 1 nitrogen and oxygen atoms in total. The van der Waals surface area contributed by atoms with Crippen molar-refractivity contribution in [1.29, 1.82) is 0 Å². The van der Waals surface area contributed by atoms with Crippen LogP contribution in [0.25, 0.3) is 0 Å². The molecule has 1 aromatic rings. The van der Waals surface area contributed by atoms with Gasteiger partial charge in [0.05, 0.1) is 20.1 Å². The summed E-state index contributed by atoms with van der Waals surface area (Å²) in [6.45, 7) is 7.07. The van der Waals surface area contributed by atoms with Gasteiger partial charge in [-0.25, -0.2) is 0 Å². The first-order chi connectivity index (χ1) is 12.7. The lowest BCUT2D eigenvalue weighted by Crippen LogP contribution is -3.00. The molecule has 0 saturated heterocycles. The van der Waals surface area contributed by atoms with E-state index in [2.05, 4.69) is 51.2 Å². The largest absolute Gasteiger partial charge is 1.00 e. The summed E-state index contributed by atoms with van der Waals surface area (Å²) in [6.07, 6.45) is 20.1. The van der Waals surface area contributed by atoms with E-state index >= 15 is 0 Å². The molecule has 27 heavy (non-hydrogen) atoms. The molecule has 158 valence electrons. The lowest BCUT2D eigenvalue weighted by Gasteiger charge is -2.33. The topological polar surface area (TPSA) is 0 Å². The van der Waals surface area contributed by atoms with Gasteiger partial charge in [-0.1, -0.05) is 102 Å². The fraction of sp³-hybridized carbons (Fsp3) is 0.760. The fourth-order valence-electron chi connectivity index (χ4n) is 3.91. The normalized spacial score (nSPS) is 13.1. The molecule has 0 aromatic heterocycles. The van der Waals surface area contributed by atoms with Gasteiger partial charge >= 0.3 is 0 Å². The van der Waals surface area contributed by atoms with E-state index in [-0.39, 0.29) is 12.4 Å². The maximum absolute atomic E-state index is 2.39. The maximum Gasteiger partial charge on any atom is 0.132 e. The van der Waals surface area contributed by atoms with Crippen molar-refractivity contribution in [3.05, 3.63) is 30.3 Å². The lowest BCUT2D eigenvalue weighted by atomic mass is 10.0. The summed E-state index contributed by atoms with van der Waals surface area (Å²) in [5.41, 5.74) is 1.46. The molecule has 2 heteroatoms. The molecule has 0 saturated carbocycles. The molecular formula is C25H46ClN. The molecule has 1 aromatic carbocycles. The lowest BCUT2D eigenvalue weighted by molar-refractivity contribution is -0.00000575. The van der Waals surface area contributed by atoms with Crippen LogP contribution in [-0.2, 0) is 0 Å². The average molecular weight is 396 g/mol. The van der Waals surface area contributed by atoms with Gasteiger partial charge in [0.1, 0.15) is 5.69 Å². The Bertz CT molecular complexity index is 420. The molecule has 0 heterocycles. The number of hydrogen-bond acceptors (Lipinski definition) is 0. The SMILES string of the molecule is CCCCCCCCCCCCCCCC[N+](C)(CC)c1ccccc1.[Cl-]. The monoisotopic (exact) mass is 395 g/mol. The molecule has 1 unspecified atom stereocenters. The molecule has 0 N–H and O–H groups in total. The number of benzene rings is 1. The Balaban J connectivity index is 0.00000676. The first-order valence-electron chi connectivity index (χ1n) is 11.6. The van der Waals surface area contributed by atoms with E-state index < -0.39 is 0 Å². The van der Waals surface area contributed by atoms with Crippen LogP contribution in [0.1, 0.15) is 104 Å². The molecule has 0 aliphatic rings. The zero-order valence-electron chi connectivity index (χ0n) is 18.5. The van der Waals surface area contributed by atoms with Gasteiger partial charge in [0.2, 0.25) is 0 Å². The summed E-state index contributed by atoms with van der Waals surface area (Å²) in [5.74, 6) is 0. The second-order valence-electron chi connectivity index (χ2n) is 8.37. The predicted molar refractivity (Wildman–Crippen MR) is 120 cm³/mol. The maximum atomic E-state index is 2.39. The Morgan fingerprint density at radius 3 is 1.41 bits per heavy atom. The molecule has 0 bridgehead atoms. The van der Waals surface area contributed by atoms with Crippen molar-refractivity contribution in [2.45, 2.75) is 104 Å². The highest BCUT2D eigenvalue weighted by atomic mass is 35.5. The Kier molecular flexibility index (Phi) is 17.2. The van der Waals surface area contributed by atoms with Crippen LogP contribution in [0.5, 0.6) is 0 Å². The van der Waals surface area contributed by atoms with Crippen molar-refractivity contribution >= 4 is 5.69 Å². The van der Waals surface area contributed by atoms with Crippen LogP contribution in [-0.4, -0.2) is 20.1 Å². The minimum Gasteiger partial charge on any atom is -1.00 e. The summed E-state index contributed by atoms with van der Waals surface area (Å²) in [5, 5.41) is 0. The van der Waals surface area contributed by atoms with Crippen LogP contribution in [0, 0.1) is 0 Å². The van der Waals surface area contributed by atoms with Crippen molar-refractivity contribution in [3.8, 4) is 0 Å². The molecule has 1 rings (SSSR count). The van der Waals surface area contributed by atoms with Gasteiger partial charge in [0.25, 0.3) is 0 Å². The second-order valence-corrected chi connectivity index (χ2v) is 8.37. The summed E-state index contributed by atoms with van der Waals surface area (Å²) >= 11 is 0. The molecule has 0 aliphatic heterocycles. The molecule has 1 atom stereocenters. The van der Waals surface area contributed by atoms with Crippen LogP contribution >= 0.6 is 0 Å². The second kappa shape index (κ2) is 17.6. The van der Waals surface area contributed by atoms with Crippen molar-refractivity contribution in [2.24, 2.45) is 0 Å². The van der Waals surface area contributed by atoms with E-state index in [4.69, 9.17) is 0 Å². The van der Waals surface area contributed by atoms with Crippen molar-refractivity contribution < 1.29 is 12.4 Å². The van der Waals surface area contributed by atoms with Crippen molar-refractivity contribution in [3.63, 3.8) is 0 Å². The summed E-state index contributed by atoms with van der Waals surface area (Å²) in [4.78, 5) is 0. The third-order valence-corrected chi connectivity index (χ3v) is 6.08. The number of quaternary nitrogens is 1. The number of para-hydroxylation sites is 1. The Hall–Kier alpha value is -0.530. The number of rotatable bonds is 17. The third kappa shape index (κ3) is 12.5. The van der Waals surface area contributed by atoms with Gasteiger partial charge in [0, 0.05) is 0 Å². The number of hydrogen-bond donors (Lipinski definition) is 0. The van der Waals surface area contributed by atoms with Gasteiger partial charge in [-0.3, -0.25) is 4.48 Å². The number of halogens is 1. The van der Waals surface area contributed by atoms with E-state index in [1.54, 1.807) is 0 Å². The van der Waals surface area contributed by atoms with Gasteiger partial charge in [-0.15, -0.1) is 0 Å². The van der Waals surface area contributed by atoms with Crippen LogP contribution in [0.4, 0.5) is 5.69 Å². The highest BCUT2D eigenvalue weighted by Crippen LogP contribution is 2.21. The molecular weight excluding hydrogens is 350 g/mol. The zero-order chi connectivity index (χ0) is 18.9. The predicted octanol–water partition coefficient (Wildman–Crippen LogP) is 5.13. The highest BCUT2D eigenvalue weighted by Gasteiger charge is 2.21. The summed E-state index contributed by atoms with van der Waals surface area (Å²) < 4.78 is 1.08. The Morgan fingerprint density at radius 1 is 0.593 bits per heavy atom. The first kappa shape index (κ1) is 26.5. The quantitative estimate of drug-likeness (QED) is 0.253. The smallest absolute Gasteiger partial charge is 0.132 e. The number of nitrogens with zero attached hydrogens (tertiary/aromatic N) is 1. The van der Waals surface area contributed by atoms with Crippen LogP contribution in [0.15, 0.2) is 30.3 Å². The molecule has 0 aliphatic carbocycles. The standard InChI is InChI=1S/C25H46N.ClH/c1-4-6-7-8-9-10-11-12-13-14-15-16-17-21-24-26(3,5-2)25-22-19-18-20-23-25;/h18-20,22-23H,4-17,21,24H2,1-3H3;1H/q+1;/p-1. The first-order valence-corrected chi connectivity index (χ1v) is 11.6. The van der Waals surface area contributed by atoms with Crippen LogP contribution < -0.4 is 16.9 Å². The van der Waals surface area contributed by atoms with Crippen LogP contribution in [0.3, 0.4) is 0 Å². The van der Waals surface area contributed by atoms with E-state index in [0.717, 1.165) is 4.48 Å². The minimum absolute atomic E-state index is 0. The van der Waals surface area contributed by atoms with Gasteiger partial charge in [-0.2, -0.15) is 0 Å². The van der Waals surface area contributed by atoms with E-state index in [1.807, 2.05) is 0 Å². The van der Waals surface area contributed by atoms with E-state index in [9.17, 15) is 0 Å². The zero-order valence-corrected chi connectivity index (χ0v) is 19.3. The highest BCUT2D eigenvalue weighted by molar-refractivity contribution is 5.41. The van der Waals surface area contributed by atoms with Gasteiger partial charge in [-0.05, 0) is 31.9 Å². The van der Waals surface area contributed by atoms with Crippen molar-refractivity contribution in [2.75, 3.05) is 20.1 Å². The van der Waals surface area contributed by atoms with Gasteiger partial charge < -0.3 is 12.4 Å². The third-order valence-electron chi connectivity index (χ3n) is 6.08. The molecule has 0 spiro atoms. The van der Waals surface area contributed by atoms with Crippen molar-refractivity contribution in [1.82, 2.24) is 4.48 Å². The molecule has 0 fully saturated rings. The summed E-state index contributed by atoms with van der Waals surface area (Å²) in [6, 6.07) is 11.0. The summed E-state index contributed by atoms with van der Waals surface area (Å²) in [7, 11) is 2.39. The Labute approximate surface area is 176 Å². The Morgan fingerprint density at radius 2 is 1.00 bits per heavy atom.